The number of hydrogen-bond donors (Lipinski definition) is 4. The number of nitrogens with zero attached hydrogens (tertiary/aromatic N) is 3. The first kappa shape index (κ1) is 39.6. The zero-order chi connectivity index (χ0) is 40.2. The molecule has 5 aliphatic rings. The predicted octanol–water partition coefficient (Wildman–Crippen LogP) is 3.37. The number of likely N-dealkylation sites (N-methyl/N-ethyl adjacent to an activating group) is 1. The van der Waals surface area contributed by atoms with E-state index in [2.05, 4.69) is 37.5 Å². The molecule has 7 rings (SSSR count). The predicted molar refractivity (Wildman–Crippen MR) is 211 cm³/mol. The summed E-state index contributed by atoms with van der Waals surface area (Å²) in [5.41, 5.74) is -1.13. The highest BCUT2D eigenvalue weighted by Crippen LogP contribution is 2.46. The van der Waals surface area contributed by atoms with Crippen molar-refractivity contribution in [2.45, 2.75) is 114 Å². The molecule has 1 saturated heterocycles. The molecule has 1 aromatic heterocycles. The smallest absolute Gasteiger partial charge is 0.315 e. The fourth-order valence-electron chi connectivity index (χ4n) is 8.31. The SMILES string of the molecule is C[C@H]1CC/C=C\[C@@H]2C[C@@]2(C(=O)NS(=O)(=O)C2CC2)NC(=O)[C@@H]2C[C@@H](Oc3nccc4c5c(ccc34)N(C)CCO5)CN2C(=O)[C@@H](NC(=O)NC(C)(C)C)[C@H](C)C1. The van der Waals surface area contributed by atoms with E-state index in [1.54, 1.807) is 6.20 Å². The number of pyridine rings is 1. The monoisotopic (exact) mass is 793 g/mol. The first-order chi connectivity index (χ1) is 26.5. The second-order valence-electron chi connectivity index (χ2n) is 17.5. The summed E-state index contributed by atoms with van der Waals surface area (Å²) in [6.07, 6.45) is 8.13. The number of nitrogens with one attached hydrogen (secondary N) is 4. The van der Waals surface area contributed by atoms with E-state index in [1.807, 2.05) is 65.1 Å². The van der Waals surface area contributed by atoms with Gasteiger partial charge in [0, 0.05) is 41.9 Å². The second kappa shape index (κ2) is 15.1. The highest BCUT2D eigenvalue weighted by Gasteiger charge is 2.62. The fourth-order valence-corrected chi connectivity index (χ4v) is 9.68. The molecule has 0 spiro atoms. The summed E-state index contributed by atoms with van der Waals surface area (Å²) < 4.78 is 40.7. The van der Waals surface area contributed by atoms with Crippen LogP contribution in [0.2, 0.25) is 0 Å². The van der Waals surface area contributed by atoms with Crippen molar-refractivity contribution in [1.82, 2.24) is 30.6 Å². The maximum atomic E-state index is 14.8. The molecule has 0 bridgehead atoms. The number of hydrogen-bond acceptors (Lipinski definition) is 10. The number of rotatable bonds is 6. The third-order valence-electron chi connectivity index (χ3n) is 11.6. The van der Waals surface area contributed by atoms with Gasteiger partial charge in [0.1, 0.15) is 30.3 Å². The number of urea groups is 1. The van der Waals surface area contributed by atoms with Crippen LogP contribution in [0.15, 0.2) is 36.5 Å². The van der Waals surface area contributed by atoms with Crippen LogP contribution in [-0.2, 0) is 24.4 Å². The van der Waals surface area contributed by atoms with E-state index in [0.29, 0.717) is 43.6 Å². The third-order valence-corrected chi connectivity index (χ3v) is 13.4. The first-order valence-electron chi connectivity index (χ1n) is 19.8. The van der Waals surface area contributed by atoms with Crippen molar-refractivity contribution >= 4 is 50.2 Å². The summed E-state index contributed by atoms with van der Waals surface area (Å²) in [5, 5.41) is 9.65. The maximum Gasteiger partial charge on any atom is 0.315 e. The zero-order valence-electron chi connectivity index (χ0n) is 33.1. The minimum atomic E-state index is -3.90. The van der Waals surface area contributed by atoms with E-state index in [9.17, 15) is 27.6 Å². The van der Waals surface area contributed by atoms with Crippen LogP contribution in [-0.4, -0.2) is 103 Å². The van der Waals surface area contributed by atoms with E-state index >= 15 is 0 Å². The van der Waals surface area contributed by atoms with Crippen LogP contribution in [0.1, 0.15) is 79.6 Å². The number of carbonyl (C=O) groups is 4. The minimum absolute atomic E-state index is 0.000896. The average molecular weight is 794 g/mol. The number of anilines is 1. The van der Waals surface area contributed by atoms with E-state index in [1.165, 1.54) is 4.90 Å². The minimum Gasteiger partial charge on any atom is -0.489 e. The third kappa shape index (κ3) is 8.25. The highest BCUT2D eigenvalue weighted by atomic mass is 32.2. The second-order valence-corrected chi connectivity index (χ2v) is 19.4. The molecule has 7 atom stereocenters. The Morgan fingerprint density at radius 1 is 1.07 bits per heavy atom. The van der Waals surface area contributed by atoms with Gasteiger partial charge in [-0.05, 0) is 89.3 Å². The van der Waals surface area contributed by atoms with Gasteiger partial charge in [0.15, 0.2) is 5.75 Å². The Morgan fingerprint density at radius 2 is 1.84 bits per heavy atom. The van der Waals surface area contributed by atoms with Crippen LogP contribution in [0.5, 0.6) is 11.6 Å². The van der Waals surface area contributed by atoms with Gasteiger partial charge in [-0.15, -0.1) is 0 Å². The number of allylic oxidation sites excluding steroid dienone is 1. The Kier molecular flexibility index (Phi) is 10.7. The molecule has 5 amide bonds. The zero-order valence-corrected chi connectivity index (χ0v) is 33.9. The number of ether oxygens (including phenoxy) is 2. The van der Waals surface area contributed by atoms with Gasteiger partial charge in [-0.1, -0.05) is 26.0 Å². The molecule has 4 N–H and O–H groups in total. The van der Waals surface area contributed by atoms with Crippen LogP contribution in [0.4, 0.5) is 10.5 Å². The molecule has 15 nitrogen and oxygen atoms in total. The number of benzene rings is 1. The van der Waals surface area contributed by atoms with Gasteiger partial charge in [0.25, 0.3) is 5.91 Å². The number of sulfonamides is 1. The van der Waals surface area contributed by atoms with Crippen molar-refractivity contribution in [2.75, 3.05) is 31.6 Å². The van der Waals surface area contributed by atoms with Crippen molar-refractivity contribution in [3.05, 3.63) is 36.5 Å². The van der Waals surface area contributed by atoms with Gasteiger partial charge >= 0.3 is 6.03 Å². The van der Waals surface area contributed by atoms with Gasteiger partial charge in [-0.2, -0.15) is 0 Å². The number of amides is 5. The van der Waals surface area contributed by atoms with Crippen LogP contribution in [0.25, 0.3) is 10.8 Å². The lowest BCUT2D eigenvalue weighted by Gasteiger charge is -2.33. The lowest BCUT2D eigenvalue weighted by molar-refractivity contribution is -0.142. The Bertz CT molecular complexity index is 2030. The summed E-state index contributed by atoms with van der Waals surface area (Å²) in [5.74, 6) is -1.35. The lowest BCUT2D eigenvalue weighted by Crippen LogP contribution is -2.60. The first-order valence-corrected chi connectivity index (χ1v) is 21.4. The lowest BCUT2D eigenvalue weighted by atomic mass is 9.88. The Balaban J connectivity index is 1.22. The fraction of sp³-hybridized carbons (Fsp3) is 0.625. The molecular weight excluding hydrogens is 739 g/mol. The van der Waals surface area contributed by atoms with E-state index in [0.717, 1.165) is 29.8 Å². The average Bonchev–Trinajstić information content (AvgIpc) is 4.05. The van der Waals surface area contributed by atoms with Crippen molar-refractivity contribution in [1.29, 1.82) is 0 Å². The van der Waals surface area contributed by atoms with Gasteiger partial charge in [0.2, 0.25) is 27.7 Å². The molecule has 0 radical (unpaired) electrons. The molecular formula is C40H55N7O8S. The number of aromatic nitrogens is 1. The summed E-state index contributed by atoms with van der Waals surface area (Å²) >= 11 is 0. The van der Waals surface area contributed by atoms with Crippen molar-refractivity contribution in [2.24, 2.45) is 17.8 Å². The molecule has 0 unspecified atom stereocenters. The Labute approximate surface area is 328 Å². The van der Waals surface area contributed by atoms with Gasteiger partial charge in [-0.3, -0.25) is 19.1 Å². The largest absolute Gasteiger partial charge is 0.489 e. The molecule has 1 aromatic carbocycles. The number of carbonyl (C=O) groups excluding carboxylic acids is 4. The van der Waals surface area contributed by atoms with Crippen molar-refractivity contribution in [3.8, 4) is 11.6 Å². The molecule has 56 heavy (non-hydrogen) atoms. The van der Waals surface area contributed by atoms with Gasteiger partial charge < -0.3 is 35.2 Å². The molecule has 3 fully saturated rings. The topological polar surface area (TPSA) is 188 Å². The van der Waals surface area contributed by atoms with Crippen LogP contribution in [0.3, 0.4) is 0 Å². The Morgan fingerprint density at radius 3 is 2.57 bits per heavy atom. The summed E-state index contributed by atoms with van der Waals surface area (Å²) in [7, 11) is -1.89. The summed E-state index contributed by atoms with van der Waals surface area (Å²) in [4.78, 5) is 64.7. The molecule has 304 valence electrons. The van der Waals surface area contributed by atoms with E-state index < -0.39 is 74.2 Å². The van der Waals surface area contributed by atoms with Gasteiger partial charge in [0.05, 0.1) is 24.0 Å². The van der Waals surface area contributed by atoms with Crippen LogP contribution < -0.4 is 35.0 Å². The molecule has 2 saturated carbocycles. The van der Waals surface area contributed by atoms with Crippen LogP contribution in [0, 0.1) is 17.8 Å². The molecule has 4 heterocycles. The Hall–Kier alpha value is -4.60. The maximum absolute atomic E-state index is 14.8. The normalized spacial score (nSPS) is 30.3. The van der Waals surface area contributed by atoms with Crippen molar-refractivity contribution in [3.63, 3.8) is 0 Å². The standard InChI is InChI=1S/C40H55N7O8S/c1-23-9-7-8-10-25-21-40(25,37(50)45-56(52,53)27-11-12-27)43-34(48)31-20-26(22-47(31)36(49)32(24(2)19-23)42-38(51)44-39(3,4)5)55-35-29-13-14-30-33(28(29)15-16-41-35)54-18-17-46(30)6/h8,10,13-16,23-27,31-32H,7,9,11-12,17-22H2,1-6H3,(H,43,48)(H,45,50)(H2,42,44,51)/b10-8-/t23-,24+,25+,26+,31-,32-,40+/m0/s1. The van der Waals surface area contributed by atoms with Gasteiger partial charge in [-0.25, -0.2) is 18.2 Å². The van der Waals surface area contributed by atoms with E-state index in [-0.39, 0.29) is 31.2 Å². The molecule has 2 aliphatic carbocycles. The van der Waals surface area contributed by atoms with Crippen LogP contribution >= 0.6 is 0 Å². The molecule has 16 heteroatoms. The van der Waals surface area contributed by atoms with Crippen molar-refractivity contribution < 1.29 is 37.1 Å². The highest BCUT2D eigenvalue weighted by molar-refractivity contribution is 7.91. The number of fused-ring (bicyclic) bond motifs is 5. The van der Waals surface area contributed by atoms with E-state index in [4.69, 9.17) is 9.47 Å². The molecule has 2 aromatic rings. The molecule has 3 aliphatic heterocycles. The summed E-state index contributed by atoms with van der Waals surface area (Å²) in [6.45, 7) is 10.9. The quantitative estimate of drug-likeness (QED) is 0.316. The summed E-state index contributed by atoms with van der Waals surface area (Å²) in [6, 6.07) is 3.15.